The van der Waals surface area contributed by atoms with Crippen LogP contribution in [0.15, 0.2) is 66.9 Å². The molecule has 0 spiro atoms. The van der Waals surface area contributed by atoms with Crippen LogP contribution in [0.3, 0.4) is 0 Å². The predicted octanol–water partition coefficient (Wildman–Crippen LogP) is 4.45. The van der Waals surface area contributed by atoms with Gasteiger partial charge in [-0.15, -0.1) is 11.3 Å². The Morgan fingerprint density at radius 2 is 1.70 bits per heavy atom. The van der Waals surface area contributed by atoms with Crippen LogP contribution in [0.2, 0.25) is 0 Å². The number of benzene rings is 2. The molecular weight excluding hydrogens is 486 g/mol. The molecule has 0 unspecified atom stereocenters. The molecule has 2 aromatic carbocycles. The lowest BCUT2D eigenvalue weighted by Crippen LogP contribution is -2.43. The summed E-state index contributed by atoms with van der Waals surface area (Å²) in [4.78, 5) is 33.5. The highest BCUT2D eigenvalue weighted by Gasteiger charge is 2.15. The molecule has 1 aliphatic rings. The van der Waals surface area contributed by atoms with Gasteiger partial charge in [-0.3, -0.25) is 19.5 Å². The maximum Gasteiger partial charge on any atom is 0.269 e. The number of fused-ring (bicyclic) bond motifs is 1. The Morgan fingerprint density at radius 1 is 0.946 bits per heavy atom. The number of likely N-dealkylation sites (N-methyl/N-ethyl adjacent to an activating group) is 1. The van der Waals surface area contributed by atoms with Gasteiger partial charge in [0.05, 0.1) is 5.00 Å². The Kier molecular flexibility index (Phi) is 7.45. The lowest BCUT2D eigenvalue weighted by atomic mass is 10.1. The minimum atomic E-state index is -0.274. The fourth-order valence-corrected chi connectivity index (χ4v) is 5.20. The zero-order valence-electron chi connectivity index (χ0n) is 20.9. The van der Waals surface area contributed by atoms with E-state index in [4.69, 9.17) is 4.74 Å². The van der Waals surface area contributed by atoms with Crippen LogP contribution in [0.25, 0.3) is 10.1 Å². The van der Waals surface area contributed by atoms with Crippen molar-refractivity contribution in [1.29, 1.82) is 0 Å². The molecule has 5 rings (SSSR count). The Balaban J connectivity index is 1.22. The summed E-state index contributed by atoms with van der Waals surface area (Å²) in [5.41, 5.74) is 2.13. The predicted molar refractivity (Wildman–Crippen MR) is 147 cm³/mol. The van der Waals surface area contributed by atoms with Gasteiger partial charge >= 0.3 is 0 Å². The van der Waals surface area contributed by atoms with Crippen LogP contribution in [0.5, 0.6) is 11.5 Å². The number of ether oxygens (including phenoxy) is 1. The molecule has 8 nitrogen and oxygen atoms in total. The second-order valence-electron chi connectivity index (χ2n) is 9.10. The molecule has 2 aromatic heterocycles. The second kappa shape index (κ2) is 11.1. The third-order valence-corrected chi connectivity index (χ3v) is 7.39. The number of hydrogen-bond donors (Lipinski definition) is 2. The van der Waals surface area contributed by atoms with E-state index in [0.29, 0.717) is 17.1 Å². The van der Waals surface area contributed by atoms with Crippen molar-refractivity contribution in [1.82, 2.24) is 20.1 Å². The zero-order valence-corrected chi connectivity index (χ0v) is 21.7. The minimum Gasteiger partial charge on any atom is -0.457 e. The number of carbonyl (C=O) groups is 2. The summed E-state index contributed by atoms with van der Waals surface area (Å²) in [7, 11) is 3.71. The summed E-state index contributed by atoms with van der Waals surface area (Å²) >= 11 is 1.48. The van der Waals surface area contributed by atoms with E-state index in [1.807, 2.05) is 48.5 Å². The van der Waals surface area contributed by atoms with E-state index < -0.39 is 0 Å². The van der Waals surface area contributed by atoms with E-state index in [0.717, 1.165) is 47.8 Å². The van der Waals surface area contributed by atoms with E-state index in [1.165, 1.54) is 23.1 Å². The van der Waals surface area contributed by atoms with Gasteiger partial charge in [0, 0.05) is 62.3 Å². The van der Waals surface area contributed by atoms with Crippen molar-refractivity contribution in [2.75, 3.05) is 45.6 Å². The second-order valence-corrected chi connectivity index (χ2v) is 10.2. The van der Waals surface area contributed by atoms with Gasteiger partial charge in [-0.1, -0.05) is 12.1 Å². The molecule has 1 fully saturated rings. The van der Waals surface area contributed by atoms with Gasteiger partial charge in [0.25, 0.3) is 11.8 Å². The van der Waals surface area contributed by atoms with Gasteiger partial charge < -0.3 is 20.3 Å². The maximum absolute atomic E-state index is 12.9. The Hall–Kier alpha value is -3.79. The standard InChI is InChI=1S/C28H29N5O3S/c1-29-28(35)24-16-23(9-10-30-24)36-22-8-7-21-15-26(37-25(21)17-22)31-27(34)20-5-3-19(4-6-20)18-33-13-11-32(2)12-14-33/h3-10,15-17H,11-14,18H2,1-2H3,(H,29,35)(H,31,34). The van der Waals surface area contributed by atoms with Crippen LogP contribution in [0.1, 0.15) is 26.4 Å². The van der Waals surface area contributed by atoms with Gasteiger partial charge in [0.15, 0.2) is 0 Å². The first kappa shape index (κ1) is 24.9. The van der Waals surface area contributed by atoms with Gasteiger partial charge in [-0.2, -0.15) is 0 Å². The third kappa shape index (κ3) is 6.14. The third-order valence-electron chi connectivity index (χ3n) is 6.37. The van der Waals surface area contributed by atoms with Crippen LogP contribution in [-0.4, -0.2) is 66.9 Å². The average Bonchev–Trinajstić information content (AvgIpc) is 3.31. The van der Waals surface area contributed by atoms with E-state index in [9.17, 15) is 9.59 Å². The summed E-state index contributed by atoms with van der Waals surface area (Å²) in [5, 5.41) is 7.35. The van der Waals surface area contributed by atoms with Crippen molar-refractivity contribution in [3.63, 3.8) is 0 Å². The maximum atomic E-state index is 12.9. The number of hydrogen-bond acceptors (Lipinski definition) is 7. The summed E-state index contributed by atoms with van der Waals surface area (Å²) in [6.07, 6.45) is 1.54. The zero-order chi connectivity index (χ0) is 25.8. The average molecular weight is 516 g/mol. The van der Waals surface area contributed by atoms with Crippen LogP contribution in [0.4, 0.5) is 5.00 Å². The number of pyridine rings is 1. The Labute approximate surface area is 219 Å². The molecule has 1 aliphatic heterocycles. The first-order valence-corrected chi connectivity index (χ1v) is 13.0. The number of amides is 2. The molecule has 0 atom stereocenters. The number of nitrogens with one attached hydrogen (secondary N) is 2. The van der Waals surface area contributed by atoms with Crippen molar-refractivity contribution in [2.24, 2.45) is 0 Å². The van der Waals surface area contributed by atoms with Gasteiger partial charge in [-0.05, 0) is 60.5 Å². The smallest absolute Gasteiger partial charge is 0.269 e. The Bertz CT molecular complexity index is 1410. The largest absolute Gasteiger partial charge is 0.457 e. The SMILES string of the molecule is CNC(=O)c1cc(Oc2ccc3cc(NC(=O)c4ccc(CN5CCN(C)CC5)cc4)sc3c2)ccn1. The van der Waals surface area contributed by atoms with Crippen molar-refractivity contribution in [3.05, 3.63) is 83.7 Å². The molecule has 9 heteroatoms. The van der Waals surface area contributed by atoms with E-state index in [1.54, 1.807) is 19.2 Å². The lowest BCUT2D eigenvalue weighted by Gasteiger charge is -2.32. The van der Waals surface area contributed by atoms with Crippen molar-refractivity contribution >= 4 is 38.2 Å². The lowest BCUT2D eigenvalue weighted by molar-refractivity contribution is 0.0957. The fourth-order valence-electron chi connectivity index (χ4n) is 4.21. The van der Waals surface area contributed by atoms with Crippen molar-refractivity contribution < 1.29 is 14.3 Å². The molecule has 2 amide bonds. The van der Waals surface area contributed by atoms with Gasteiger partial charge in [0.1, 0.15) is 17.2 Å². The molecule has 3 heterocycles. The highest BCUT2D eigenvalue weighted by atomic mass is 32.1. The van der Waals surface area contributed by atoms with Crippen LogP contribution < -0.4 is 15.4 Å². The molecule has 4 aromatic rings. The van der Waals surface area contributed by atoms with Gasteiger partial charge in [-0.25, -0.2) is 0 Å². The van der Waals surface area contributed by atoms with Crippen LogP contribution in [-0.2, 0) is 6.54 Å². The highest BCUT2D eigenvalue weighted by molar-refractivity contribution is 7.23. The van der Waals surface area contributed by atoms with Gasteiger partial charge in [0.2, 0.25) is 0 Å². The molecule has 0 radical (unpaired) electrons. The molecule has 0 saturated carbocycles. The molecule has 190 valence electrons. The van der Waals surface area contributed by atoms with Crippen molar-refractivity contribution in [2.45, 2.75) is 6.54 Å². The number of aromatic nitrogens is 1. The quantitative estimate of drug-likeness (QED) is 0.378. The molecule has 2 N–H and O–H groups in total. The summed E-state index contributed by atoms with van der Waals surface area (Å²) in [5.74, 6) is 0.753. The first-order chi connectivity index (χ1) is 18.0. The first-order valence-electron chi connectivity index (χ1n) is 12.2. The molecule has 37 heavy (non-hydrogen) atoms. The highest BCUT2D eigenvalue weighted by Crippen LogP contribution is 2.34. The number of carbonyl (C=O) groups excluding carboxylic acids is 2. The molecule has 0 bridgehead atoms. The molecule has 0 aliphatic carbocycles. The summed E-state index contributed by atoms with van der Waals surface area (Å²) in [6, 6.07) is 18.8. The molecule has 1 saturated heterocycles. The number of nitrogens with zero attached hydrogens (tertiary/aromatic N) is 3. The van der Waals surface area contributed by atoms with E-state index >= 15 is 0 Å². The normalized spacial score (nSPS) is 14.4. The molecular formula is C28H29N5O3S. The number of rotatable bonds is 7. The van der Waals surface area contributed by atoms with E-state index in [-0.39, 0.29) is 17.5 Å². The summed E-state index contributed by atoms with van der Waals surface area (Å²) < 4.78 is 6.93. The minimum absolute atomic E-state index is 0.132. The number of thiophene rings is 1. The number of piperazine rings is 1. The number of anilines is 1. The topological polar surface area (TPSA) is 86.8 Å². The van der Waals surface area contributed by atoms with Crippen LogP contribution in [0, 0.1) is 0 Å². The monoisotopic (exact) mass is 515 g/mol. The van der Waals surface area contributed by atoms with E-state index in [2.05, 4.69) is 32.5 Å². The Morgan fingerprint density at radius 3 is 2.46 bits per heavy atom. The fraction of sp³-hybridized carbons (Fsp3) is 0.250. The van der Waals surface area contributed by atoms with Crippen molar-refractivity contribution in [3.8, 4) is 11.5 Å². The summed E-state index contributed by atoms with van der Waals surface area (Å²) in [6.45, 7) is 5.22. The van der Waals surface area contributed by atoms with Crippen LogP contribution >= 0.6 is 11.3 Å².